The predicted molar refractivity (Wildman–Crippen MR) is 80.6 cm³/mol. The number of aryl methyl sites for hydroxylation is 2. The van der Waals surface area contributed by atoms with Crippen molar-refractivity contribution in [3.8, 4) is 11.5 Å². The zero-order valence-corrected chi connectivity index (χ0v) is 12.0. The van der Waals surface area contributed by atoms with Gasteiger partial charge in [0.2, 0.25) is 0 Å². The molecule has 2 heteroatoms. The molecule has 1 N–H and O–H groups in total. The summed E-state index contributed by atoms with van der Waals surface area (Å²) < 4.78 is 5.28. The van der Waals surface area contributed by atoms with E-state index in [2.05, 4.69) is 31.2 Å². The molecule has 0 unspecified atom stereocenters. The Balaban J connectivity index is 1.88. The number of hydrogen-bond acceptors (Lipinski definition) is 2. The van der Waals surface area contributed by atoms with Crippen molar-refractivity contribution in [3.05, 3.63) is 58.7 Å². The molecule has 2 aromatic rings. The quantitative estimate of drug-likeness (QED) is 0.892. The van der Waals surface area contributed by atoms with Gasteiger partial charge < -0.3 is 9.84 Å². The number of benzene rings is 2. The van der Waals surface area contributed by atoms with Crippen LogP contribution in [0.5, 0.6) is 11.5 Å². The number of fused-ring (bicyclic) bond motifs is 1. The van der Waals surface area contributed by atoms with Gasteiger partial charge in [-0.1, -0.05) is 12.1 Å². The van der Waals surface area contributed by atoms with Crippen molar-refractivity contribution in [1.82, 2.24) is 0 Å². The number of aromatic hydroxyl groups is 1. The lowest BCUT2D eigenvalue weighted by molar-refractivity contribution is 0.414. The molecule has 0 fully saturated rings. The summed E-state index contributed by atoms with van der Waals surface area (Å²) in [5, 5.41) is 9.56. The monoisotopic (exact) mass is 268 g/mol. The molecule has 0 bridgehead atoms. The molecular formula is C18H20O2. The molecule has 0 radical (unpaired) electrons. The van der Waals surface area contributed by atoms with Gasteiger partial charge in [-0.15, -0.1) is 0 Å². The van der Waals surface area contributed by atoms with Crippen LogP contribution in [-0.2, 0) is 12.8 Å². The Kier molecular flexibility index (Phi) is 3.39. The number of phenols is 1. The molecule has 2 nitrogen and oxygen atoms in total. The zero-order chi connectivity index (χ0) is 14.1. The van der Waals surface area contributed by atoms with Crippen LogP contribution < -0.4 is 4.74 Å². The summed E-state index contributed by atoms with van der Waals surface area (Å²) in [4.78, 5) is 0. The highest BCUT2D eigenvalue weighted by molar-refractivity contribution is 5.42. The fourth-order valence-electron chi connectivity index (χ4n) is 3.24. The van der Waals surface area contributed by atoms with Gasteiger partial charge in [-0.25, -0.2) is 0 Å². The summed E-state index contributed by atoms with van der Waals surface area (Å²) in [5.74, 6) is 1.87. The van der Waals surface area contributed by atoms with Gasteiger partial charge in [0.25, 0.3) is 0 Å². The number of rotatable bonds is 2. The second-order valence-corrected chi connectivity index (χ2v) is 5.62. The molecule has 0 spiro atoms. The van der Waals surface area contributed by atoms with Crippen molar-refractivity contribution in [2.45, 2.75) is 32.1 Å². The van der Waals surface area contributed by atoms with E-state index in [4.69, 9.17) is 4.74 Å². The van der Waals surface area contributed by atoms with Crippen molar-refractivity contribution >= 4 is 0 Å². The Bertz CT molecular complexity index is 631. The average molecular weight is 268 g/mol. The van der Waals surface area contributed by atoms with Crippen LogP contribution in [0, 0.1) is 6.92 Å². The maximum absolute atomic E-state index is 9.56. The molecule has 20 heavy (non-hydrogen) atoms. The third-order valence-electron chi connectivity index (χ3n) is 4.34. The van der Waals surface area contributed by atoms with E-state index in [1.54, 1.807) is 13.2 Å². The second-order valence-electron chi connectivity index (χ2n) is 5.62. The minimum absolute atomic E-state index is 0.378. The molecule has 0 saturated heterocycles. The summed E-state index contributed by atoms with van der Waals surface area (Å²) in [6.45, 7) is 2.16. The third kappa shape index (κ3) is 2.38. The molecule has 1 aliphatic carbocycles. The molecular weight excluding hydrogens is 248 g/mol. The lowest BCUT2D eigenvalue weighted by Gasteiger charge is -2.26. The fourth-order valence-corrected chi connectivity index (χ4v) is 3.24. The van der Waals surface area contributed by atoms with Gasteiger partial charge in [-0.2, -0.15) is 0 Å². The van der Waals surface area contributed by atoms with Crippen LogP contribution in [0.25, 0.3) is 0 Å². The zero-order valence-electron chi connectivity index (χ0n) is 12.0. The van der Waals surface area contributed by atoms with E-state index in [1.165, 1.54) is 22.3 Å². The molecule has 1 atom stereocenters. The van der Waals surface area contributed by atoms with E-state index in [-0.39, 0.29) is 0 Å². The van der Waals surface area contributed by atoms with Crippen LogP contribution in [0.1, 0.15) is 34.6 Å². The molecule has 0 saturated carbocycles. The molecule has 0 aliphatic heterocycles. The number of methoxy groups -OCH3 is 1. The van der Waals surface area contributed by atoms with Crippen molar-refractivity contribution in [1.29, 1.82) is 0 Å². The van der Waals surface area contributed by atoms with Crippen LogP contribution in [0.15, 0.2) is 36.4 Å². The van der Waals surface area contributed by atoms with Crippen molar-refractivity contribution in [3.63, 3.8) is 0 Å². The highest BCUT2D eigenvalue weighted by atomic mass is 16.5. The van der Waals surface area contributed by atoms with Gasteiger partial charge in [0, 0.05) is 0 Å². The average Bonchev–Trinajstić information content (AvgIpc) is 2.46. The molecule has 1 aliphatic rings. The molecule has 0 heterocycles. The minimum atomic E-state index is 0.378. The molecule has 2 aromatic carbocycles. The Hall–Kier alpha value is -1.96. The van der Waals surface area contributed by atoms with E-state index in [0.717, 1.165) is 25.0 Å². The van der Waals surface area contributed by atoms with Crippen LogP contribution in [0.2, 0.25) is 0 Å². The van der Waals surface area contributed by atoms with Crippen molar-refractivity contribution < 1.29 is 9.84 Å². The van der Waals surface area contributed by atoms with E-state index < -0.39 is 0 Å². The number of hydrogen-bond donors (Lipinski definition) is 1. The molecule has 104 valence electrons. The normalized spacial score (nSPS) is 17.6. The van der Waals surface area contributed by atoms with Gasteiger partial charge >= 0.3 is 0 Å². The smallest absolute Gasteiger partial charge is 0.119 e. The van der Waals surface area contributed by atoms with Crippen molar-refractivity contribution in [2.24, 2.45) is 0 Å². The summed E-state index contributed by atoms with van der Waals surface area (Å²) in [5.41, 5.74) is 5.39. The number of phenolic OH excluding ortho intramolecular Hbond substituents is 1. The summed E-state index contributed by atoms with van der Waals surface area (Å²) in [7, 11) is 1.71. The van der Waals surface area contributed by atoms with Gasteiger partial charge in [-0.3, -0.25) is 0 Å². The standard InChI is InChI=1S/C18H20O2/c1-12-9-17(20-2)7-8-18(12)15-4-3-14-11-16(19)6-5-13(14)10-15/h5-9,11,15,19H,3-4,10H2,1-2H3/t15-/m1/s1. The first-order valence-electron chi connectivity index (χ1n) is 7.12. The van der Waals surface area contributed by atoms with Crippen LogP contribution >= 0.6 is 0 Å². The highest BCUT2D eigenvalue weighted by Gasteiger charge is 2.21. The third-order valence-corrected chi connectivity index (χ3v) is 4.34. The van der Waals surface area contributed by atoms with Gasteiger partial charge in [0.15, 0.2) is 0 Å². The minimum Gasteiger partial charge on any atom is -0.508 e. The summed E-state index contributed by atoms with van der Waals surface area (Å²) in [6, 6.07) is 12.1. The highest BCUT2D eigenvalue weighted by Crippen LogP contribution is 2.36. The second kappa shape index (κ2) is 5.20. The lowest BCUT2D eigenvalue weighted by atomic mass is 9.79. The van der Waals surface area contributed by atoms with E-state index in [0.29, 0.717) is 11.7 Å². The first-order chi connectivity index (χ1) is 9.67. The Morgan fingerprint density at radius 1 is 1.10 bits per heavy atom. The van der Waals surface area contributed by atoms with E-state index in [1.807, 2.05) is 6.07 Å². The lowest BCUT2D eigenvalue weighted by Crippen LogP contribution is -2.13. The maximum Gasteiger partial charge on any atom is 0.119 e. The van der Waals surface area contributed by atoms with E-state index >= 15 is 0 Å². The Morgan fingerprint density at radius 2 is 1.95 bits per heavy atom. The molecule has 0 aromatic heterocycles. The number of ether oxygens (including phenoxy) is 1. The maximum atomic E-state index is 9.56. The Morgan fingerprint density at radius 3 is 2.70 bits per heavy atom. The van der Waals surface area contributed by atoms with Crippen molar-refractivity contribution in [2.75, 3.05) is 7.11 Å². The Labute approximate surface area is 120 Å². The van der Waals surface area contributed by atoms with E-state index in [9.17, 15) is 5.11 Å². The van der Waals surface area contributed by atoms with Crippen LogP contribution in [-0.4, -0.2) is 12.2 Å². The summed E-state index contributed by atoms with van der Waals surface area (Å²) in [6.07, 6.45) is 3.24. The molecule has 0 amide bonds. The predicted octanol–water partition coefficient (Wildman–Crippen LogP) is 3.98. The van der Waals surface area contributed by atoms with Gasteiger partial charge in [-0.05, 0) is 78.6 Å². The SMILES string of the molecule is COc1ccc([C@@H]2CCc3cc(O)ccc3C2)c(C)c1. The fraction of sp³-hybridized carbons (Fsp3) is 0.333. The van der Waals surface area contributed by atoms with Gasteiger partial charge in [0.1, 0.15) is 11.5 Å². The first kappa shape index (κ1) is 13.0. The van der Waals surface area contributed by atoms with Gasteiger partial charge in [0.05, 0.1) is 7.11 Å². The first-order valence-corrected chi connectivity index (χ1v) is 7.12. The largest absolute Gasteiger partial charge is 0.508 e. The molecule has 3 rings (SSSR count). The summed E-state index contributed by atoms with van der Waals surface area (Å²) >= 11 is 0. The van der Waals surface area contributed by atoms with Crippen LogP contribution in [0.4, 0.5) is 0 Å². The van der Waals surface area contributed by atoms with Crippen LogP contribution in [0.3, 0.4) is 0 Å². The topological polar surface area (TPSA) is 29.5 Å².